The van der Waals surface area contributed by atoms with Gasteiger partial charge in [-0.3, -0.25) is 4.79 Å². The molecular weight excluding hydrogens is 184 g/mol. The molecule has 1 aliphatic rings. The molecule has 0 spiro atoms. The van der Waals surface area contributed by atoms with Crippen LogP contribution in [-0.4, -0.2) is 11.2 Å². The summed E-state index contributed by atoms with van der Waals surface area (Å²) in [5.74, 6) is 0.635. The molecule has 0 aromatic carbocycles. The predicted molar refractivity (Wildman–Crippen MR) is 56.1 cm³/mol. The van der Waals surface area contributed by atoms with Gasteiger partial charge in [-0.15, -0.1) is 11.6 Å². The van der Waals surface area contributed by atoms with E-state index in [9.17, 15) is 4.79 Å². The summed E-state index contributed by atoms with van der Waals surface area (Å²) < 4.78 is 0. The van der Waals surface area contributed by atoms with Crippen molar-refractivity contribution in [2.24, 2.45) is 11.8 Å². The van der Waals surface area contributed by atoms with Crippen LogP contribution in [0.15, 0.2) is 0 Å². The lowest BCUT2D eigenvalue weighted by Gasteiger charge is -2.19. The molecule has 0 aromatic heterocycles. The fraction of sp³-hybridized carbons (Fsp3) is 0.909. The highest BCUT2D eigenvalue weighted by molar-refractivity contribution is 6.22. The van der Waals surface area contributed by atoms with E-state index >= 15 is 0 Å². The van der Waals surface area contributed by atoms with E-state index in [4.69, 9.17) is 11.6 Å². The monoisotopic (exact) mass is 202 g/mol. The minimum absolute atomic E-state index is 0.0948. The molecule has 0 bridgehead atoms. The van der Waals surface area contributed by atoms with Gasteiger partial charge in [0.25, 0.3) is 0 Å². The summed E-state index contributed by atoms with van der Waals surface area (Å²) in [6.45, 7) is 3.94. The lowest BCUT2D eigenvalue weighted by Crippen LogP contribution is -2.27. The van der Waals surface area contributed by atoms with Crippen LogP contribution >= 0.6 is 11.6 Å². The van der Waals surface area contributed by atoms with Crippen molar-refractivity contribution in [2.75, 3.05) is 0 Å². The second-order valence-corrected chi connectivity index (χ2v) is 4.88. The van der Waals surface area contributed by atoms with E-state index < -0.39 is 0 Å². The number of rotatable bonds is 2. The Hall–Kier alpha value is -0.0400. The molecule has 0 heterocycles. The Morgan fingerprint density at radius 2 is 1.85 bits per heavy atom. The van der Waals surface area contributed by atoms with E-state index in [1.54, 1.807) is 0 Å². The predicted octanol–water partition coefficient (Wildman–Crippen LogP) is 3.40. The van der Waals surface area contributed by atoms with E-state index in [1.807, 2.05) is 13.8 Å². The summed E-state index contributed by atoms with van der Waals surface area (Å²) in [7, 11) is 0. The maximum atomic E-state index is 11.8. The summed E-state index contributed by atoms with van der Waals surface area (Å²) in [5.41, 5.74) is 0. The van der Waals surface area contributed by atoms with E-state index in [2.05, 4.69) is 0 Å². The Labute approximate surface area is 85.8 Å². The first kappa shape index (κ1) is 11.0. The zero-order valence-electron chi connectivity index (χ0n) is 8.55. The first-order chi connectivity index (χ1) is 6.13. The minimum atomic E-state index is 0.0948. The van der Waals surface area contributed by atoms with Crippen LogP contribution in [-0.2, 0) is 4.79 Å². The van der Waals surface area contributed by atoms with Crippen molar-refractivity contribution in [3.63, 3.8) is 0 Å². The highest BCUT2D eigenvalue weighted by Crippen LogP contribution is 2.29. The molecule has 0 N–H and O–H groups in total. The maximum absolute atomic E-state index is 11.8. The van der Waals surface area contributed by atoms with Crippen molar-refractivity contribution in [2.45, 2.75) is 51.3 Å². The van der Waals surface area contributed by atoms with E-state index in [0.29, 0.717) is 5.78 Å². The van der Waals surface area contributed by atoms with Gasteiger partial charge in [0.1, 0.15) is 5.78 Å². The van der Waals surface area contributed by atoms with Crippen molar-refractivity contribution in [3.8, 4) is 0 Å². The van der Waals surface area contributed by atoms with Gasteiger partial charge in [-0.2, -0.15) is 0 Å². The van der Waals surface area contributed by atoms with Crippen molar-refractivity contribution in [1.29, 1.82) is 0 Å². The first-order valence-electron chi connectivity index (χ1n) is 5.30. The first-order valence-corrected chi connectivity index (χ1v) is 5.74. The van der Waals surface area contributed by atoms with Crippen LogP contribution in [0, 0.1) is 11.8 Å². The molecule has 1 aliphatic carbocycles. The van der Waals surface area contributed by atoms with Gasteiger partial charge < -0.3 is 0 Å². The van der Waals surface area contributed by atoms with Gasteiger partial charge in [-0.25, -0.2) is 0 Å². The third kappa shape index (κ3) is 2.98. The Morgan fingerprint density at radius 1 is 1.23 bits per heavy atom. The van der Waals surface area contributed by atoms with Gasteiger partial charge in [-0.1, -0.05) is 33.1 Å². The molecule has 0 amide bonds. The van der Waals surface area contributed by atoms with Gasteiger partial charge in [0.2, 0.25) is 0 Å². The summed E-state index contributed by atoms with van der Waals surface area (Å²) in [6, 6.07) is 0. The van der Waals surface area contributed by atoms with E-state index in [0.717, 1.165) is 12.8 Å². The normalized spacial score (nSPS) is 30.2. The van der Waals surface area contributed by atoms with Crippen LogP contribution in [0.25, 0.3) is 0 Å². The summed E-state index contributed by atoms with van der Waals surface area (Å²) in [6.07, 6.45) is 5.63. The fourth-order valence-corrected chi connectivity index (χ4v) is 2.42. The number of carbonyl (C=O) groups is 1. The molecule has 0 radical (unpaired) electrons. The number of hydrogen-bond donors (Lipinski definition) is 0. The fourth-order valence-electron chi connectivity index (χ4n) is 2.01. The SMILES string of the molecule is CC(C)C(=O)C1CCCCCC1Cl. The van der Waals surface area contributed by atoms with Crippen molar-refractivity contribution in [3.05, 3.63) is 0 Å². The quantitative estimate of drug-likeness (QED) is 0.496. The molecule has 2 unspecified atom stereocenters. The van der Waals surface area contributed by atoms with Gasteiger partial charge in [0.05, 0.1) is 0 Å². The van der Waals surface area contributed by atoms with Gasteiger partial charge in [0, 0.05) is 17.2 Å². The molecule has 1 rings (SSSR count). The van der Waals surface area contributed by atoms with E-state index in [-0.39, 0.29) is 17.2 Å². The highest BCUT2D eigenvalue weighted by atomic mass is 35.5. The molecule has 1 fully saturated rings. The molecule has 0 aromatic rings. The van der Waals surface area contributed by atoms with Gasteiger partial charge in [-0.05, 0) is 12.8 Å². The number of ketones is 1. The average molecular weight is 203 g/mol. The molecular formula is C11H19ClO. The standard InChI is InChI=1S/C11H19ClO/c1-8(2)11(13)9-6-4-3-5-7-10(9)12/h8-10H,3-7H2,1-2H3. The second-order valence-electron chi connectivity index (χ2n) is 4.32. The zero-order valence-corrected chi connectivity index (χ0v) is 9.31. The lowest BCUT2D eigenvalue weighted by molar-refractivity contribution is -0.126. The molecule has 76 valence electrons. The van der Waals surface area contributed by atoms with Crippen LogP contribution in [0.2, 0.25) is 0 Å². The van der Waals surface area contributed by atoms with Crippen molar-refractivity contribution < 1.29 is 4.79 Å². The molecule has 0 saturated heterocycles. The van der Waals surface area contributed by atoms with E-state index in [1.165, 1.54) is 19.3 Å². The van der Waals surface area contributed by atoms with Crippen LogP contribution in [0.5, 0.6) is 0 Å². The van der Waals surface area contributed by atoms with Crippen LogP contribution in [0.1, 0.15) is 46.0 Å². The number of carbonyl (C=O) groups excluding carboxylic acids is 1. The molecule has 2 heteroatoms. The maximum Gasteiger partial charge on any atom is 0.139 e. The van der Waals surface area contributed by atoms with Crippen LogP contribution < -0.4 is 0 Å². The lowest BCUT2D eigenvalue weighted by atomic mass is 9.89. The van der Waals surface area contributed by atoms with Crippen LogP contribution in [0.4, 0.5) is 0 Å². The number of halogens is 1. The third-order valence-corrected chi connectivity index (χ3v) is 3.39. The molecule has 13 heavy (non-hydrogen) atoms. The average Bonchev–Trinajstić information content (AvgIpc) is 2.28. The topological polar surface area (TPSA) is 17.1 Å². The number of alkyl halides is 1. The smallest absolute Gasteiger partial charge is 0.139 e. The Morgan fingerprint density at radius 3 is 2.46 bits per heavy atom. The zero-order chi connectivity index (χ0) is 9.84. The molecule has 1 nitrogen and oxygen atoms in total. The van der Waals surface area contributed by atoms with Crippen molar-refractivity contribution in [1.82, 2.24) is 0 Å². The Balaban J connectivity index is 2.58. The second kappa shape index (κ2) is 4.99. The molecule has 1 saturated carbocycles. The third-order valence-electron chi connectivity index (χ3n) is 2.87. The summed E-state index contributed by atoms with van der Waals surface area (Å²) >= 11 is 6.21. The molecule has 2 atom stereocenters. The van der Waals surface area contributed by atoms with Crippen LogP contribution in [0.3, 0.4) is 0 Å². The molecule has 0 aliphatic heterocycles. The highest BCUT2D eigenvalue weighted by Gasteiger charge is 2.29. The Kier molecular flexibility index (Phi) is 4.24. The van der Waals surface area contributed by atoms with Gasteiger partial charge in [0.15, 0.2) is 0 Å². The van der Waals surface area contributed by atoms with Gasteiger partial charge >= 0.3 is 0 Å². The largest absolute Gasteiger partial charge is 0.299 e. The minimum Gasteiger partial charge on any atom is -0.299 e. The summed E-state index contributed by atoms with van der Waals surface area (Å²) in [5, 5.41) is 0.0948. The number of Topliss-reactive ketones (excluding diaryl/α,β-unsaturated/α-hetero) is 1. The van der Waals surface area contributed by atoms with Crippen molar-refractivity contribution >= 4 is 17.4 Å². The summed E-state index contributed by atoms with van der Waals surface area (Å²) in [4.78, 5) is 11.8. The number of hydrogen-bond acceptors (Lipinski definition) is 1. The Bertz CT molecular complexity index is 177.